The van der Waals surface area contributed by atoms with Crippen LogP contribution in [-0.2, 0) is 11.3 Å². The number of rotatable bonds is 8. The standard InChI is InChI=1S/C22H23ClN4OS/c1-4-12-27-21(16-8-7-9-17(23)13-16)25-26-22(27)29-14-20(28)24-19-11-6-5-10-18(19)15(2)3/h4-11,13,15H,1,12,14H2,2-3H3,(H,24,28). The third-order valence-electron chi connectivity index (χ3n) is 4.30. The summed E-state index contributed by atoms with van der Waals surface area (Å²) in [6.07, 6.45) is 1.78. The third-order valence-corrected chi connectivity index (χ3v) is 5.50. The number of para-hydroxylation sites is 1. The summed E-state index contributed by atoms with van der Waals surface area (Å²) in [7, 11) is 0. The Balaban J connectivity index is 1.74. The van der Waals surface area contributed by atoms with E-state index in [1.165, 1.54) is 11.8 Å². The Morgan fingerprint density at radius 2 is 2.03 bits per heavy atom. The molecule has 0 unspecified atom stereocenters. The molecule has 0 fully saturated rings. The smallest absolute Gasteiger partial charge is 0.234 e. The Morgan fingerprint density at radius 3 is 2.76 bits per heavy atom. The molecule has 1 N–H and O–H groups in total. The summed E-state index contributed by atoms with van der Waals surface area (Å²) in [4.78, 5) is 12.5. The third kappa shape index (κ3) is 5.28. The number of aromatic nitrogens is 3. The number of hydrogen-bond donors (Lipinski definition) is 1. The average Bonchev–Trinajstić information content (AvgIpc) is 3.09. The summed E-state index contributed by atoms with van der Waals surface area (Å²) in [6.45, 7) is 8.56. The van der Waals surface area contributed by atoms with E-state index in [1.54, 1.807) is 6.08 Å². The molecule has 0 bridgehead atoms. The lowest BCUT2D eigenvalue weighted by Crippen LogP contribution is -2.16. The second kappa shape index (κ2) is 9.76. The second-order valence-corrected chi connectivity index (χ2v) is 8.17. The van der Waals surface area contributed by atoms with Gasteiger partial charge in [-0.1, -0.05) is 73.6 Å². The van der Waals surface area contributed by atoms with Crippen LogP contribution < -0.4 is 5.32 Å². The first-order valence-corrected chi connectivity index (χ1v) is 10.7. The van der Waals surface area contributed by atoms with Crippen molar-refractivity contribution in [3.63, 3.8) is 0 Å². The summed E-state index contributed by atoms with van der Waals surface area (Å²) in [5.74, 6) is 1.17. The number of benzene rings is 2. The molecule has 0 aliphatic rings. The summed E-state index contributed by atoms with van der Waals surface area (Å²) >= 11 is 7.45. The molecule has 3 rings (SSSR count). The first kappa shape index (κ1) is 21.1. The van der Waals surface area contributed by atoms with E-state index in [0.29, 0.717) is 28.5 Å². The zero-order chi connectivity index (χ0) is 20.8. The predicted octanol–water partition coefficient (Wildman–Crippen LogP) is 5.64. The molecule has 1 aromatic heterocycles. The first-order chi connectivity index (χ1) is 14.0. The van der Waals surface area contributed by atoms with Gasteiger partial charge < -0.3 is 5.32 Å². The van der Waals surface area contributed by atoms with Crippen LogP contribution >= 0.6 is 23.4 Å². The molecule has 0 spiro atoms. The number of carbonyl (C=O) groups is 1. The van der Waals surface area contributed by atoms with Crippen molar-refractivity contribution in [3.8, 4) is 11.4 Å². The Labute approximate surface area is 180 Å². The van der Waals surface area contributed by atoms with Crippen molar-refractivity contribution in [2.45, 2.75) is 31.5 Å². The number of thioether (sulfide) groups is 1. The van der Waals surface area contributed by atoms with Crippen LogP contribution in [-0.4, -0.2) is 26.4 Å². The van der Waals surface area contributed by atoms with Crippen molar-refractivity contribution in [1.29, 1.82) is 0 Å². The van der Waals surface area contributed by atoms with Crippen molar-refractivity contribution >= 4 is 35.0 Å². The van der Waals surface area contributed by atoms with Gasteiger partial charge in [0.25, 0.3) is 0 Å². The minimum atomic E-state index is -0.0828. The van der Waals surface area contributed by atoms with Gasteiger partial charge in [-0.15, -0.1) is 16.8 Å². The van der Waals surface area contributed by atoms with Gasteiger partial charge >= 0.3 is 0 Å². The van der Waals surface area contributed by atoms with Crippen molar-refractivity contribution in [2.75, 3.05) is 11.1 Å². The summed E-state index contributed by atoms with van der Waals surface area (Å²) in [5, 5.41) is 12.9. The van der Waals surface area contributed by atoms with E-state index in [-0.39, 0.29) is 11.7 Å². The molecule has 1 amide bonds. The van der Waals surface area contributed by atoms with E-state index < -0.39 is 0 Å². The molecule has 29 heavy (non-hydrogen) atoms. The highest BCUT2D eigenvalue weighted by molar-refractivity contribution is 7.99. The van der Waals surface area contributed by atoms with Gasteiger partial charge in [0.2, 0.25) is 5.91 Å². The lowest BCUT2D eigenvalue weighted by Gasteiger charge is -2.13. The van der Waals surface area contributed by atoms with Gasteiger partial charge in [-0.05, 0) is 29.7 Å². The summed E-state index contributed by atoms with van der Waals surface area (Å²) < 4.78 is 1.93. The number of carbonyl (C=O) groups excluding carboxylic acids is 1. The quantitative estimate of drug-likeness (QED) is 0.374. The van der Waals surface area contributed by atoms with E-state index in [9.17, 15) is 4.79 Å². The van der Waals surface area contributed by atoms with E-state index in [4.69, 9.17) is 11.6 Å². The van der Waals surface area contributed by atoms with Gasteiger partial charge in [0, 0.05) is 22.8 Å². The molecule has 3 aromatic rings. The van der Waals surface area contributed by atoms with Gasteiger partial charge in [0.05, 0.1) is 5.75 Å². The molecule has 2 aromatic carbocycles. The topological polar surface area (TPSA) is 59.8 Å². The van der Waals surface area contributed by atoms with E-state index in [2.05, 4.69) is 35.9 Å². The summed E-state index contributed by atoms with van der Waals surface area (Å²) in [5.41, 5.74) is 2.83. The maximum atomic E-state index is 12.5. The molecule has 0 saturated carbocycles. The molecular formula is C22H23ClN4OS. The molecule has 7 heteroatoms. The monoisotopic (exact) mass is 426 g/mol. The Bertz CT molecular complexity index is 1020. The lowest BCUT2D eigenvalue weighted by molar-refractivity contribution is -0.113. The SMILES string of the molecule is C=CCn1c(SCC(=O)Nc2ccccc2C(C)C)nnc1-c1cccc(Cl)c1. The average molecular weight is 427 g/mol. The molecule has 0 aliphatic carbocycles. The maximum Gasteiger partial charge on any atom is 0.234 e. The molecule has 5 nitrogen and oxygen atoms in total. The van der Waals surface area contributed by atoms with Crippen LogP contribution in [0.3, 0.4) is 0 Å². The highest BCUT2D eigenvalue weighted by atomic mass is 35.5. The number of nitrogens with zero attached hydrogens (tertiary/aromatic N) is 3. The Hall–Kier alpha value is -2.57. The maximum absolute atomic E-state index is 12.5. The number of halogens is 1. The molecule has 1 heterocycles. The van der Waals surface area contributed by atoms with Crippen molar-refractivity contribution < 1.29 is 4.79 Å². The first-order valence-electron chi connectivity index (χ1n) is 9.31. The minimum Gasteiger partial charge on any atom is -0.325 e. The molecule has 150 valence electrons. The molecule has 0 atom stereocenters. The highest BCUT2D eigenvalue weighted by Gasteiger charge is 2.16. The van der Waals surface area contributed by atoms with Crippen LogP contribution in [0.5, 0.6) is 0 Å². The minimum absolute atomic E-state index is 0.0828. The van der Waals surface area contributed by atoms with Crippen LogP contribution in [0.2, 0.25) is 5.02 Å². The number of anilines is 1. The number of hydrogen-bond acceptors (Lipinski definition) is 4. The fourth-order valence-corrected chi connectivity index (χ4v) is 3.90. The van der Waals surface area contributed by atoms with Crippen LogP contribution in [0.25, 0.3) is 11.4 Å². The van der Waals surface area contributed by atoms with Crippen LogP contribution in [0.4, 0.5) is 5.69 Å². The van der Waals surface area contributed by atoms with Gasteiger partial charge in [-0.25, -0.2) is 0 Å². The molecule has 0 aliphatic heterocycles. The Morgan fingerprint density at radius 1 is 1.24 bits per heavy atom. The van der Waals surface area contributed by atoms with Crippen LogP contribution in [0.1, 0.15) is 25.3 Å². The molecule has 0 radical (unpaired) electrons. The highest BCUT2D eigenvalue weighted by Crippen LogP contribution is 2.27. The van der Waals surface area contributed by atoms with Gasteiger partial charge in [0.1, 0.15) is 0 Å². The molecular weight excluding hydrogens is 404 g/mol. The second-order valence-electron chi connectivity index (χ2n) is 6.79. The van der Waals surface area contributed by atoms with E-state index in [1.807, 2.05) is 53.1 Å². The zero-order valence-corrected chi connectivity index (χ0v) is 18.0. The predicted molar refractivity (Wildman–Crippen MR) is 121 cm³/mol. The fourth-order valence-electron chi connectivity index (χ4n) is 2.96. The van der Waals surface area contributed by atoms with Crippen molar-refractivity contribution in [2.24, 2.45) is 0 Å². The number of nitrogens with one attached hydrogen (secondary N) is 1. The Kier molecular flexibility index (Phi) is 7.12. The largest absolute Gasteiger partial charge is 0.325 e. The van der Waals surface area contributed by atoms with Crippen molar-refractivity contribution in [1.82, 2.24) is 14.8 Å². The zero-order valence-electron chi connectivity index (χ0n) is 16.4. The van der Waals surface area contributed by atoms with Crippen LogP contribution in [0.15, 0.2) is 66.3 Å². The van der Waals surface area contributed by atoms with Crippen molar-refractivity contribution in [3.05, 3.63) is 71.8 Å². The fraction of sp³-hybridized carbons (Fsp3) is 0.227. The summed E-state index contributed by atoms with van der Waals surface area (Å²) in [6, 6.07) is 15.3. The van der Waals surface area contributed by atoms with E-state index in [0.717, 1.165) is 16.8 Å². The van der Waals surface area contributed by atoms with Gasteiger partial charge in [-0.2, -0.15) is 0 Å². The normalized spacial score (nSPS) is 10.9. The van der Waals surface area contributed by atoms with Crippen LogP contribution in [0, 0.1) is 0 Å². The number of amides is 1. The lowest BCUT2D eigenvalue weighted by atomic mass is 10.0. The molecule has 0 saturated heterocycles. The van der Waals surface area contributed by atoms with Gasteiger partial charge in [0.15, 0.2) is 11.0 Å². The number of allylic oxidation sites excluding steroid dienone is 1. The van der Waals surface area contributed by atoms with E-state index >= 15 is 0 Å². The van der Waals surface area contributed by atoms with Gasteiger partial charge in [-0.3, -0.25) is 9.36 Å².